The number of nitrogens with zero attached hydrogens (tertiary/aromatic N) is 1. The highest BCUT2D eigenvalue weighted by molar-refractivity contribution is 9.10. The number of thioether (sulfide) groups is 1. The van der Waals surface area contributed by atoms with Gasteiger partial charge in [0.2, 0.25) is 5.91 Å². The number of amides is 1. The molecule has 1 fully saturated rings. The first-order valence-electron chi connectivity index (χ1n) is 9.15. The molecule has 2 unspecified atom stereocenters. The molecule has 0 aromatic heterocycles. The van der Waals surface area contributed by atoms with Crippen molar-refractivity contribution in [1.82, 2.24) is 10.6 Å². The zero-order chi connectivity index (χ0) is 18.9. The number of halogens is 1. The predicted molar refractivity (Wildman–Crippen MR) is 116 cm³/mol. The maximum atomic E-state index is 12.2. The minimum atomic E-state index is -0.0193. The summed E-state index contributed by atoms with van der Waals surface area (Å²) in [5, 5.41) is 10.5. The van der Waals surface area contributed by atoms with Crippen LogP contribution in [0.4, 0.5) is 5.69 Å². The maximum absolute atomic E-state index is 12.2. The Morgan fingerprint density at radius 3 is 2.88 bits per heavy atom. The largest absolute Gasteiger partial charge is 0.357 e. The fourth-order valence-electron chi connectivity index (χ4n) is 3.01. The van der Waals surface area contributed by atoms with Gasteiger partial charge in [-0.3, -0.25) is 9.79 Å². The molecule has 1 aliphatic carbocycles. The number of rotatable bonds is 7. The number of aryl methyl sites for hydroxylation is 1. The molecule has 1 aromatic rings. The highest BCUT2D eigenvalue weighted by Crippen LogP contribution is 2.28. The van der Waals surface area contributed by atoms with Crippen LogP contribution in [-0.4, -0.2) is 42.5 Å². The monoisotopic (exact) mass is 440 g/mol. The molecule has 0 heterocycles. The Balaban J connectivity index is 1.83. The number of anilines is 1. The van der Waals surface area contributed by atoms with Crippen LogP contribution in [0.15, 0.2) is 27.7 Å². The molecular formula is C19H29BrN4OS. The topological polar surface area (TPSA) is 65.5 Å². The first-order chi connectivity index (χ1) is 12.5. The third-order valence-corrected chi connectivity index (χ3v) is 6.07. The summed E-state index contributed by atoms with van der Waals surface area (Å²) in [6.07, 6.45) is 6.15. The summed E-state index contributed by atoms with van der Waals surface area (Å²) >= 11 is 5.38. The van der Waals surface area contributed by atoms with Crippen LogP contribution >= 0.6 is 27.7 Å². The summed E-state index contributed by atoms with van der Waals surface area (Å²) in [6.45, 7) is 5.32. The fourth-order valence-corrected chi connectivity index (χ4v) is 4.17. The van der Waals surface area contributed by atoms with Crippen molar-refractivity contribution in [3.05, 3.63) is 28.2 Å². The summed E-state index contributed by atoms with van der Waals surface area (Å²) in [6, 6.07) is 6.34. The van der Waals surface area contributed by atoms with E-state index in [4.69, 9.17) is 0 Å². The van der Waals surface area contributed by atoms with Crippen molar-refractivity contribution in [3.63, 3.8) is 0 Å². The molecule has 1 saturated carbocycles. The molecule has 3 N–H and O–H groups in total. The quantitative estimate of drug-likeness (QED) is 0.443. The van der Waals surface area contributed by atoms with Gasteiger partial charge in [0.05, 0.1) is 6.54 Å². The molecule has 0 saturated heterocycles. The van der Waals surface area contributed by atoms with E-state index in [0.717, 1.165) is 33.5 Å². The van der Waals surface area contributed by atoms with Crippen LogP contribution < -0.4 is 16.0 Å². The van der Waals surface area contributed by atoms with Crippen LogP contribution in [0.3, 0.4) is 0 Å². The molecule has 1 aromatic carbocycles. The summed E-state index contributed by atoms with van der Waals surface area (Å²) in [4.78, 5) is 16.8. The Morgan fingerprint density at radius 1 is 1.38 bits per heavy atom. The van der Waals surface area contributed by atoms with E-state index in [0.29, 0.717) is 19.0 Å². The Labute approximate surface area is 169 Å². The van der Waals surface area contributed by atoms with Crippen molar-refractivity contribution in [2.24, 2.45) is 4.99 Å². The average molecular weight is 441 g/mol. The average Bonchev–Trinajstić information content (AvgIpc) is 3.06. The number of guanidine groups is 1. The van der Waals surface area contributed by atoms with Crippen LogP contribution in [0.25, 0.3) is 0 Å². The Morgan fingerprint density at radius 2 is 2.19 bits per heavy atom. The highest BCUT2D eigenvalue weighted by Gasteiger charge is 2.24. The normalized spacial score (nSPS) is 20.1. The van der Waals surface area contributed by atoms with Gasteiger partial charge >= 0.3 is 0 Å². The third-order valence-electron chi connectivity index (χ3n) is 4.49. The van der Waals surface area contributed by atoms with E-state index >= 15 is 0 Å². The second kappa shape index (κ2) is 10.8. The molecule has 2 rings (SSSR count). The Hall–Kier alpha value is -1.21. The molecule has 26 heavy (non-hydrogen) atoms. The minimum Gasteiger partial charge on any atom is -0.357 e. The van der Waals surface area contributed by atoms with Gasteiger partial charge in [-0.2, -0.15) is 11.8 Å². The van der Waals surface area contributed by atoms with E-state index in [1.165, 1.54) is 19.3 Å². The van der Waals surface area contributed by atoms with Crippen molar-refractivity contribution in [3.8, 4) is 0 Å². The molecule has 1 aliphatic rings. The van der Waals surface area contributed by atoms with Gasteiger partial charge in [-0.25, -0.2) is 0 Å². The van der Waals surface area contributed by atoms with Gasteiger partial charge in [0.15, 0.2) is 5.96 Å². The van der Waals surface area contributed by atoms with Gasteiger partial charge in [0, 0.05) is 34.4 Å². The molecule has 5 nitrogen and oxygen atoms in total. The predicted octanol–water partition coefficient (Wildman–Crippen LogP) is 3.93. The summed E-state index contributed by atoms with van der Waals surface area (Å²) in [5.74, 6) is 0.791. The minimum absolute atomic E-state index is 0.0193. The summed E-state index contributed by atoms with van der Waals surface area (Å²) < 4.78 is 0.954. The number of benzene rings is 1. The van der Waals surface area contributed by atoms with E-state index in [9.17, 15) is 4.79 Å². The van der Waals surface area contributed by atoms with Crippen molar-refractivity contribution in [2.75, 3.05) is 24.7 Å². The second-order valence-corrected chi connectivity index (χ2v) is 8.58. The first-order valence-corrected chi connectivity index (χ1v) is 11.2. The molecule has 0 bridgehead atoms. The van der Waals surface area contributed by atoms with Gasteiger partial charge < -0.3 is 16.0 Å². The molecule has 7 heteroatoms. The number of hydrogen-bond acceptors (Lipinski definition) is 3. The van der Waals surface area contributed by atoms with Crippen LogP contribution in [0, 0.1) is 6.92 Å². The lowest BCUT2D eigenvalue weighted by atomic mass is 10.2. The molecule has 0 spiro atoms. The van der Waals surface area contributed by atoms with Crippen molar-refractivity contribution < 1.29 is 4.79 Å². The summed E-state index contributed by atoms with van der Waals surface area (Å²) in [5.41, 5.74) is 1.89. The Bertz CT molecular complexity index is 638. The smallest absolute Gasteiger partial charge is 0.226 e. The second-order valence-electron chi connectivity index (χ2n) is 6.53. The number of carbonyl (C=O) groups excluding carboxylic acids is 1. The first kappa shape index (κ1) is 21.1. The third kappa shape index (κ3) is 6.83. The lowest BCUT2D eigenvalue weighted by Gasteiger charge is -2.17. The van der Waals surface area contributed by atoms with Gasteiger partial charge in [0.25, 0.3) is 0 Å². The zero-order valence-electron chi connectivity index (χ0n) is 15.8. The molecule has 0 aliphatic heterocycles. The molecule has 1 amide bonds. The standard InChI is InChI=1S/C19H29BrN4OS/c1-4-21-19(23-15-7-8-16(12-15)26-3)22-10-9-18(25)24-17-11-14(20)6-5-13(17)2/h5-6,11,15-16H,4,7-10,12H2,1-3H3,(H,24,25)(H2,21,22,23). The summed E-state index contributed by atoms with van der Waals surface area (Å²) in [7, 11) is 0. The number of carbonyl (C=O) groups is 1. The number of hydrogen-bond donors (Lipinski definition) is 3. The zero-order valence-corrected chi connectivity index (χ0v) is 18.2. The molecule has 0 radical (unpaired) electrons. The number of aliphatic imine (C=N–C) groups is 1. The van der Waals surface area contributed by atoms with Crippen LogP contribution in [0.5, 0.6) is 0 Å². The Kier molecular flexibility index (Phi) is 8.78. The SMILES string of the molecule is CCNC(=NCCC(=O)Nc1cc(Br)ccc1C)NC1CCC(SC)C1. The lowest BCUT2D eigenvalue weighted by Crippen LogP contribution is -2.42. The number of nitrogens with one attached hydrogen (secondary N) is 3. The van der Waals surface area contributed by atoms with Crippen molar-refractivity contribution >= 4 is 45.2 Å². The molecular weight excluding hydrogens is 412 g/mol. The van der Waals surface area contributed by atoms with Crippen molar-refractivity contribution in [1.29, 1.82) is 0 Å². The van der Waals surface area contributed by atoms with E-state index in [2.05, 4.69) is 50.1 Å². The highest BCUT2D eigenvalue weighted by atomic mass is 79.9. The van der Waals surface area contributed by atoms with Crippen LogP contribution in [0.1, 0.15) is 38.2 Å². The van der Waals surface area contributed by atoms with E-state index in [1.54, 1.807) is 0 Å². The van der Waals surface area contributed by atoms with Gasteiger partial charge in [-0.15, -0.1) is 0 Å². The lowest BCUT2D eigenvalue weighted by molar-refractivity contribution is -0.116. The van der Waals surface area contributed by atoms with E-state index in [1.807, 2.05) is 36.9 Å². The van der Waals surface area contributed by atoms with Gasteiger partial charge in [-0.1, -0.05) is 22.0 Å². The molecule has 2 atom stereocenters. The van der Waals surface area contributed by atoms with Crippen molar-refractivity contribution in [2.45, 2.75) is 50.8 Å². The molecule has 144 valence electrons. The van der Waals surface area contributed by atoms with Crippen LogP contribution in [-0.2, 0) is 4.79 Å². The van der Waals surface area contributed by atoms with Gasteiger partial charge in [0.1, 0.15) is 0 Å². The van der Waals surface area contributed by atoms with Crippen LogP contribution in [0.2, 0.25) is 0 Å². The van der Waals surface area contributed by atoms with E-state index in [-0.39, 0.29) is 5.91 Å². The maximum Gasteiger partial charge on any atom is 0.226 e. The van der Waals surface area contributed by atoms with E-state index < -0.39 is 0 Å². The fraction of sp³-hybridized carbons (Fsp3) is 0.579. The van der Waals surface area contributed by atoms with Gasteiger partial charge in [-0.05, 0) is 57.1 Å².